The smallest absolute Gasteiger partial charge is 0.306 e. The molecule has 0 bridgehead atoms. The van der Waals surface area contributed by atoms with E-state index in [4.69, 9.17) is 9.47 Å². The van der Waals surface area contributed by atoms with E-state index < -0.39 is 5.97 Å². The van der Waals surface area contributed by atoms with Gasteiger partial charge in [0.15, 0.2) is 12.4 Å². The molecule has 1 heterocycles. The van der Waals surface area contributed by atoms with Crippen molar-refractivity contribution in [2.75, 3.05) is 13.2 Å². The van der Waals surface area contributed by atoms with Crippen LogP contribution in [0, 0.1) is 0 Å². The normalized spacial score (nSPS) is 10.3. The molecule has 1 aromatic heterocycles. The molecular formula is C22H25NO6S. The van der Waals surface area contributed by atoms with E-state index in [9.17, 15) is 19.2 Å². The van der Waals surface area contributed by atoms with Crippen molar-refractivity contribution in [2.24, 2.45) is 0 Å². The molecule has 0 fully saturated rings. The number of rotatable bonds is 12. The van der Waals surface area contributed by atoms with Crippen LogP contribution in [0.2, 0.25) is 0 Å². The predicted molar refractivity (Wildman–Crippen MR) is 113 cm³/mol. The van der Waals surface area contributed by atoms with E-state index in [-0.39, 0.29) is 36.9 Å². The van der Waals surface area contributed by atoms with Gasteiger partial charge in [0.05, 0.1) is 24.4 Å². The third kappa shape index (κ3) is 7.79. The maximum atomic E-state index is 12.2. The zero-order chi connectivity index (χ0) is 21.9. The van der Waals surface area contributed by atoms with Crippen molar-refractivity contribution in [1.82, 2.24) is 5.32 Å². The molecule has 2 aromatic rings. The number of carbonyl (C=O) groups excluding carboxylic acids is 4. The molecule has 0 unspecified atom stereocenters. The maximum absolute atomic E-state index is 12.2. The van der Waals surface area contributed by atoms with Gasteiger partial charge in [0, 0.05) is 23.8 Å². The lowest BCUT2D eigenvalue weighted by Gasteiger charge is -2.06. The van der Waals surface area contributed by atoms with E-state index in [0.29, 0.717) is 29.3 Å². The zero-order valence-electron chi connectivity index (χ0n) is 17.1. The highest BCUT2D eigenvalue weighted by molar-refractivity contribution is 7.14. The number of ether oxygens (including phenoxy) is 2. The number of benzene rings is 1. The van der Waals surface area contributed by atoms with E-state index >= 15 is 0 Å². The number of ketones is 2. The topological polar surface area (TPSA) is 98.8 Å². The Morgan fingerprint density at radius 1 is 0.967 bits per heavy atom. The third-order valence-corrected chi connectivity index (χ3v) is 5.14. The Labute approximate surface area is 179 Å². The van der Waals surface area contributed by atoms with Crippen molar-refractivity contribution in [3.63, 3.8) is 0 Å². The van der Waals surface area contributed by atoms with Crippen LogP contribution >= 0.6 is 11.3 Å². The number of carbonyl (C=O) groups is 4. The second kappa shape index (κ2) is 11.9. The van der Waals surface area contributed by atoms with Gasteiger partial charge in [-0.1, -0.05) is 6.92 Å². The summed E-state index contributed by atoms with van der Waals surface area (Å²) in [5.74, 6) is -0.562. The van der Waals surface area contributed by atoms with Crippen LogP contribution < -0.4 is 10.1 Å². The summed E-state index contributed by atoms with van der Waals surface area (Å²) in [6.07, 6.45) is 0.802. The molecule has 1 amide bonds. The lowest BCUT2D eigenvalue weighted by atomic mass is 10.1. The standard InChI is InChI=1S/C22H25NO6S/c1-3-12-28-17-6-4-16(5-7-17)19(25)9-11-22(27)29-14-20(26)21-10-8-18(30-21)13-23-15(2)24/h4-8,10H,3,9,11-14H2,1-2H3,(H,23,24). The largest absolute Gasteiger partial charge is 0.494 e. The molecule has 0 aliphatic rings. The fraction of sp³-hybridized carbons (Fsp3) is 0.364. The molecule has 2 rings (SSSR count). The highest BCUT2D eigenvalue weighted by Crippen LogP contribution is 2.17. The van der Waals surface area contributed by atoms with E-state index in [1.165, 1.54) is 18.3 Å². The molecule has 30 heavy (non-hydrogen) atoms. The Morgan fingerprint density at radius 2 is 1.70 bits per heavy atom. The summed E-state index contributed by atoms with van der Waals surface area (Å²) in [6, 6.07) is 10.2. The fourth-order valence-corrected chi connectivity index (χ4v) is 3.31. The van der Waals surface area contributed by atoms with Crippen LogP contribution in [0.5, 0.6) is 5.75 Å². The van der Waals surface area contributed by atoms with E-state index in [1.807, 2.05) is 6.92 Å². The zero-order valence-corrected chi connectivity index (χ0v) is 17.9. The summed E-state index contributed by atoms with van der Waals surface area (Å²) >= 11 is 1.24. The lowest BCUT2D eigenvalue weighted by molar-refractivity contribution is -0.142. The van der Waals surface area contributed by atoms with Crippen LogP contribution in [0.3, 0.4) is 0 Å². The van der Waals surface area contributed by atoms with Crippen molar-refractivity contribution in [3.8, 4) is 5.75 Å². The van der Waals surface area contributed by atoms with Gasteiger partial charge in [-0.2, -0.15) is 0 Å². The Kier molecular flexibility index (Phi) is 9.21. The number of hydrogen-bond acceptors (Lipinski definition) is 7. The molecule has 1 N–H and O–H groups in total. The number of nitrogens with one attached hydrogen (secondary N) is 1. The van der Waals surface area contributed by atoms with Crippen LogP contribution in [0.4, 0.5) is 0 Å². The third-order valence-electron chi connectivity index (χ3n) is 4.02. The van der Waals surface area contributed by atoms with Gasteiger partial charge in [-0.25, -0.2) is 0 Å². The van der Waals surface area contributed by atoms with E-state index in [1.54, 1.807) is 36.4 Å². The number of Topliss-reactive ketones (excluding diaryl/α,β-unsaturated/α-hetero) is 2. The molecule has 0 aliphatic carbocycles. The first-order valence-electron chi connectivity index (χ1n) is 9.67. The fourth-order valence-electron chi connectivity index (χ4n) is 2.44. The van der Waals surface area contributed by atoms with Gasteiger partial charge in [0.2, 0.25) is 11.7 Å². The monoisotopic (exact) mass is 431 g/mol. The molecule has 0 aliphatic heterocycles. The first-order valence-corrected chi connectivity index (χ1v) is 10.5. The van der Waals surface area contributed by atoms with Crippen LogP contribution in [0.25, 0.3) is 0 Å². The predicted octanol–water partition coefficient (Wildman–Crippen LogP) is 3.56. The number of amides is 1. The second-order valence-electron chi connectivity index (χ2n) is 6.56. The Hall–Kier alpha value is -3.00. The average molecular weight is 432 g/mol. The van der Waals surface area contributed by atoms with Gasteiger partial charge < -0.3 is 14.8 Å². The first kappa shape index (κ1) is 23.3. The van der Waals surface area contributed by atoms with Gasteiger partial charge in [-0.15, -0.1) is 11.3 Å². The molecule has 0 saturated carbocycles. The van der Waals surface area contributed by atoms with Gasteiger partial charge in [-0.3, -0.25) is 19.2 Å². The minimum atomic E-state index is -0.602. The van der Waals surface area contributed by atoms with Crippen molar-refractivity contribution >= 4 is 34.8 Å². The quantitative estimate of drug-likeness (QED) is 0.408. The van der Waals surface area contributed by atoms with Gasteiger partial charge in [0.25, 0.3) is 0 Å². The highest BCUT2D eigenvalue weighted by Gasteiger charge is 2.14. The molecule has 160 valence electrons. The number of hydrogen-bond donors (Lipinski definition) is 1. The Bertz CT molecular complexity index is 887. The first-order chi connectivity index (χ1) is 14.4. The van der Waals surface area contributed by atoms with E-state index in [0.717, 1.165) is 11.3 Å². The maximum Gasteiger partial charge on any atom is 0.306 e. The number of esters is 1. The summed E-state index contributed by atoms with van der Waals surface area (Å²) in [5.41, 5.74) is 0.494. The van der Waals surface area contributed by atoms with Crippen molar-refractivity contribution < 1.29 is 28.7 Å². The number of thiophene rings is 1. The Morgan fingerprint density at radius 3 is 2.37 bits per heavy atom. The molecule has 0 spiro atoms. The van der Waals surface area contributed by atoms with Crippen LogP contribution in [-0.4, -0.2) is 36.7 Å². The summed E-state index contributed by atoms with van der Waals surface area (Å²) in [7, 11) is 0. The van der Waals surface area contributed by atoms with Gasteiger partial charge in [0.1, 0.15) is 5.75 Å². The van der Waals surface area contributed by atoms with E-state index in [2.05, 4.69) is 5.32 Å². The van der Waals surface area contributed by atoms with Gasteiger partial charge >= 0.3 is 5.97 Å². The average Bonchev–Trinajstić information content (AvgIpc) is 3.22. The van der Waals surface area contributed by atoms with Gasteiger partial charge in [-0.05, 0) is 42.8 Å². The Balaban J connectivity index is 1.73. The van der Waals surface area contributed by atoms with Crippen molar-refractivity contribution in [1.29, 1.82) is 0 Å². The second-order valence-corrected chi connectivity index (χ2v) is 7.72. The molecule has 7 nitrogen and oxygen atoms in total. The van der Waals surface area contributed by atoms with Crippen LogP contribution in [0.15, 0.2) is 36.4 Å². The molecule has 0 saturated heterocycles. The summed E-state index contributed by atoms with van der Waals surface area (Å²) in [4.78, 5) is 48.4. The molecular weight excluding hydrogens is 406 g/mol. The van der Waals surface area contributed by atoms with Crippen molar-refractivity contribution in [3.05, 3.63) is 51.7 Å². The van der Waals surface area contributed by atoms with Crippen molar-refractivity contribution in [2.45, 2.75) is 39.7 Å². The highest BCUT2D eigenvalue weighted by atomic mass is 32.1. The summed E-state index contributed by atoms with van der Waals surface area (Å²) < 4.78 is 10.5. The summed E-state index contributed by atoms with van der Waals surface area (Å²) in [6.45, 7) is 4.01. The van der Waals surface area contributed by atoms with Crippen LogP contribution in [0.1, 0.15) is 58.0 Å². The van der Waals surface area contributed by atoms with Crippen LogP contribution in [-0.2, 0) is 20.9 Å². The lowest BCUT2D eigenvalue weighted by Crippen LogP contribution is -2.18. The minimum absolute atomic E-state index is 0.00204. The summed E-state index contributed by atoms with van der Waals surface area (Å²) in [5, 5.41) is 2.65. The minimum Gasteiger partial charge on any atom is -0.494 e. The molecule has 0 radical (unpaired) electrons. The SMILES string of the molecule is CCCOc1ccc(C(=O)CCC(=O)OCC(=O)c2ccc(CNC(C)=O)s2)cc1. The molecule has 1 aromatic carbocycles. The molecule has 0 atom stereocenters. The molecule has 8 heteroatoms.